The number of amides is 1. The predicted octanol–water partition coefficient (Wildman–Crippen LogP) is 2.12. The van der Waals surface area contributed by atoms with Gasteiger partial charge in [0.2, 0.25) is 0 Å². The summed E-state index contributed by atoms with van der Waals surface area (Å²) in [7, 11) is -2.98. The predicted molar refractivity (Wildman–Crippen MR) is 87.4 cm³/mol. The Labute approximate surface area is 137 Å². The van der Waals surface area contributed by atoms with Crippen molar-refractivity contribution < 1.29 is 22.4 Å². The number of hydrogen-bond acceptors (Lipinski definition) is 5. The quantitative estimate of drug-likeness (QED) is 0.855. The molecule has 1 aliphatic rings. The van der Waals surface area contributed by atoms with E-state index in [1.807, 2.05) is 20.8 Å². The minimum Gasteiger partial charge on any atom is -0.456 e. The van der Waals surface area contributed by atoms with Gasteiger partial charge in [0.05, 0.1) is 17.1 Å². The van der Waals surface area contributed by atoms with Crippen molar-refractivity contribution in [1.29, 1.82) is 0 Å². The molecule has 1 amide bonds. The van der Waals surface area contributed by atoms with Crippen LogP contribution in [-0.2, 0) is 14.6 Å². The van der Waals surface area contributed by atoms with Crippen LogP contribution >= 0.6 is 0 Å². The SMILES string of the molecule is CCOC1(CNC(=O)c2ccc(C(C)C)o2)CCS(=O)(=O)CC1. The summed E-state index contributed by atoms with van der Waals surface area (Å²) in [6, 6.07) is 3.45. The lowest BCUT2D eigenvalue weighted by atomic mass is 9.96. The molecule has 0 saturated carbocycles. The van der Waals surface area contributed by atoms with Crippen molar-refractivity contribution in [3.05, 3.63) is 23.7 Å². The summed E-state index contributed by atoms with van der Waals surface area (Å²) in [4.78, 5) is 12.2. The molecule has 1 saturated heterocycles. The van der Waals surface area contributed by atoms with Crippen LogP contribution in [0.25, 0.3) is 0 Å². The van der Waals surface area contributed by atoms with Gasteiger partial charge < -0.3 is 14.5 Å². The molecule has 7 heteroatoms. The zero-order valence-electron chi connectivity index (χ0n) is 13.9. The van der Waals surface area contributed by atoms with Crippen LogP contribution < -0.4 is 5.32 Å². The van der Waals surface area contributed by atoms with Crippen molar-refractivity contribution in [1.82, 2.24) is 5.32 Å². The van der Waals surface area contributed by atoms with Gasteiger partial charge in [-0.25, -0.2) is 8.42 Å². The lowest BCUT2D eigenvalue weighted by Crippen LogP contribution is -2.50. The van der Waals surface area contributed by atoms with E-state index in [-0.39, 0.29) is 35.6 Å². The van der Waals surface area contributed by atoms with E-state index in [9.17, 15) is 13.2 Å². The van der Waals surface area contributed by atoms with Crippen LogP contribution in [0.15, 0.2) is 16.5 Å². The topological polar surface area (TPSA) is 85.6 Å². The molecule has 1 aromatic rings. The minimum atomic E-state index is -2.98. The maximum absolute atomic E-state index is 12.2. The summed E-state index contributed by atoms with van der Waals surface area (Å²) in [6.07, 6.45) is 0.803. The molecule has 0 bridgehead atoms. The van der Waals surface area contributed by atoms with E-state index in [2.05, 4.69) is 5.32 Å². The molecule has 0 spiro atoms. The van der Waals surface area contributed by atoms with Gasteiger partial charge in [0.25, 0.3) is 5.91 Å². The second-order valence-electron chi connectivity index (χ2n) is 6.31. The highest BCUT2D eigenvalue weighted by atomic mass is 32.2. The van der Waals surface area contributed by atoms with E-state index in [1.165, 1.54) is 0 Å². The third-order valence-corrected chi connectivity index (χ3v) is 5.83. The van der Waals surface area contributed by atoms with Crippen LogP contribution in [0.4, 0.5) is 0 Å². The Hall–Kier alpha value is -1.34. The van der Waals surface area contributed by atoms with Gasteiger partial charge in [-0.1, -0.05) is 13.8 Å². The van der Waals surface area contributed by atoms with Crippen molar-refractivity contribution in [2.45, 2.75) is 45.1 Å². The van der Waals surface area contributed by atoms with Crippen LogP contribution in [0.3, 0.4) is 0 Å². The molecule has 1 fully saturated rings. The van der Waals surface area contributed by atoms with E-state index in [0.717, 1.165) is 5.76 Å². The average Bonchev–Trinajstić information content (AvgIpc) is 2.98. The first-order valence-electron chi connectivity index (χ1n) is 7.99. The molecule has 1 aliphatic heterocycles. The fourth-order valence-corrected chi connectivity index (χ4v) is 4.27. The summed E-state index contributed by atoms with van der Waals surface area (Å²) >= 11 is 0. The van der Waals surface area contributed by atoms with Gasteiger partial charge in [-0.3, -0.25) is 4.79 Å². The molecule has 0 radical (unpaired) electrons. The standard InChI is InChI=1S/C16H25NO5S/c1-4-21-16(7-9-23(19,20)10-8-16)11-17-15(18)14-6-5-13(22-14)12(2)3/h5-6,12H,4,7-11H2,1-3H3,(H,17,18). The van der Waals surface area contributed by atoms with Gasteiger partial charge in [-0.2, -0.15) is 0 Å². The van der Waals surface area contributed by atoms with Crippen molar-refractivity contribution >= 4 is 15.7 Å². The monoisotopic (exact) mass is 343 g/mol. The zero-order valence-corrected chi connectivity index (χ0v) is 14.7. The summed E-state index contributed by atoms with van der Waals surface area (Å²) in [5, 5.41) is 2.82. The summed E-state index contributed by atoms with van der Waals surface area (Å²) in [5.41, 5.74) is -0.608. The van der Waals surface area contributed by atoms with Crippen LogP contribution in [0, 0.1) is 0 Å². The molecule has 0 unspecified atom stereocenters. The Bertz CT molecular complexity index is 633. The highest BCUT2D eigenvalue weighted by Crippen LogP contribution is 2.27. The molecule has 130 valence electrons. The van der Waals surface area contributed by atoms with Gasteiger partial charge in [0.15, 0.2) is 15.6 Å². The van der Waals surface area contributed by atoms with Crippen LogP contribution in [-0.4, -0.2) is 44.6 Å². The van der Waals surface area contributed by atoms with Gasteiger partial charge >= 0.3 is 0 Å². The highest BCUT2D eigenvalue weighted by molar-refractivity contribution is 7.91. The number of carbonyl (C=O) groups is 1. The Morgan fingerprint density at radius 3 is 2.52 bits per heavy atom. The number of ether oxygens (including phenoxy) is 1. The van der Waals surface area contributed by atoms with E-state index < -0.39 is 15.4 Å². The number of nitrogens with one attached hydrogen (secondary N) is 1. The van der Waals surface area contributed by atoms with Gasteiger partial charge in [0.1, 0.15) is 5.76 Å². The first-order chi connectivity index (χ1) is 10.8. The number of rotatable bonds is 6. The van der Waals surface area contributed by atoms with Crippen LogP contribution in [0.1, 0.15) is 55.8 Å². The fraction of sp³-hybridized carbons (Fsp3) is 0.688. The summed E-state index contributed by atoms with van der Waals surface area (Å²) < 4.78 is 34.5. The Morgan fingerprint density at radius 1 is 1.35 bits per heavy atom. The molecule has 1 N–H and O–H groups in total. The maximum Gasteiger partial charge on any atom is 0.287 e. The van der Waals surface area contributed by atoms with Crippen molar-refractivity contribution in [3.63, 3.8) is 0 Å². The molecular weight excluding hydrogens is 318 g/mol. The second kappa shape index (κ2) is 7.05. The molecule has 0 atom stereocenters. The molecule has 0 aliphatic carbocycles. The highest BCUT2D eigenvalue weighted by Gasteiger charge is 2.38. The van der Waals surface area contributed by atoms with Crippen molar-refractivity contribution in [3.8, 4) is 0 Å². The fourth-order valence-electron chi connectivity index (χ4n) is 2.70. The minimum absolute atomic E-state index is 0.0983. The number of furan rings is 1. The van der Waals surface area contributed by atoms with Crippen molar-refractivity contribution in [2.75, 3.05) is 24.7 Å². The third kappa shape index (κ3) is 4.57. The molecule has 0 aromatic carbocycles. The molecule has 2 heterocycles. The lowest BCUT2D eigenvalue weighted by molar-refractivity contribution is -0.0438. The second-order valence-corrected chi connectivity index (χ2v) is 8.61. The molecule has 1 aromatic heterocycles. The first-order valence-corrected chi connectivity index (χ1v) is 9.81. The van der Waals surface area contributed by atoms with Crippen molar-refractivity contribution in [2.24, 2.45) is 0 Å². The van der Waals surface area contributed by atoms with E-state index in [4.69, 9.17) is 9.15 Å². The molecule has 2 rings (SSSR count). The van der Waals surface area contributed by atoms with Crippen LogP contribution in [0.2, 0.25) is 0 Å². The Kier molecular flexibility index (Phi) is 5.52. The average molecular weight is 343 g/mol. The smallest absolute Gasteiger partial charge is 0.287 e. The molecular formula is C16H25NO5S. The maximum atomic E-state index is 12.2. The van der Waals surface area contributed by atoms with Crippen LogP contribution in [0.5, 0.6) is 0 Å². The number of sulfone groups is 1. The Morgan fingerprint density at radius 2 is 2.00 bits per heavy atom. The molecule has 23 heavy (non-hydrogen) atoms. The zero-order chi connectivity index (χ0) is 17.1. The largest absolute Gasteiger partial charge is 0.456 e. The van der Waals surface area contributed by atoms with E-state index >= 15 is 0 Å². The normalized spacial score (nSPS) is 19.7. The van der Waals surface area contributed by atoms with Gasteiger partial charge in [-0.05, 0) is 31.9 Å². The molecule has 6 nitrogen and oxygen atoms in total. The summed E-state index contributed by atoms with van der Waals surface area (Å²) in [5.74, 6) is 1.14. The van der Waals surface area contributed by atoms with Gasteiger partial charge in [-0.15, -0.1) is 0 Å². The Balaban J connectivity index is 1.99. The first kappa shape index (κ1) is 18.0. The number of hydrogen-bond donors (Lipinski definition) is 1. The lowest BCUT2D eigenvalue weighted by Gasteiger charge is -2.36. The van der Waals surface area contributed by atoms with E-state index in [1.54, 1.807) is 12.1 Å². The third-order valence-electron chi connectivity index (χ3n) is 4.18. The summed E-state index contributed by atoms with van der Waals surface area (Å²) in [6.45, 7) is 6.62. The van der Waals surface area contributed by atoms with E-state index in [0.29, 0.717) is 19.4 Å². The van der Waals surface area contributed by atoms with Gasteiger partial charge in [0, 0.05) is 19.1 Å². The number of carbonyl (C=O) groups excluding carboxylic acids is 1.